The van der Waals surface area contributed by atoms with E-state index < -0.39 is 0 Å². The lowest BCUT2D eigenvalue weighted by Gasteiger charge is -2.20. The fourth-order valence-electron chi connectivity index (χ4n) is 2.02. The van der Waals surface area contributed by atoms with Gasteiger partial charge >= 0.3 is 6.03 Å². The van der Waals surface area contributed by atoms with Crippen molar-refractivity contribution in [1.82, 2.24) is 9.88 Å². The van der Waals surface area contributed by atoms with Gasteiger partial charge in [0.05, 0.1) is 21.8 Å². The molecule has 2 aromatic rings. The van der Waals surface area contributed by atoms with E-state index in [9.17, 15) is 4.79 Å². The molecule has 0 saturated heterocycles. The van der Waals surface area contributed by atoms with Gasteiger partial charge in [0.1, 0.15) is 0 Å². The second kappa shape index (κ2) is 7.38. The van der Waals surface area contributed by atoms with Crippen LogP contribution in [0.5, 0.6) is 0 Å². The Morgan fingerprint density at radius 3 is 2.95 bits per heavy atom. The smallest absolute Gasteiger partial charge is 0.322 e. The van der Waals surface area contributed by atoms with E-state index in [1.54, 1.807) is 17.4 Å². The van der Waals surface area contributed by atoms with Crippen LogP contribution >= 0.6 is 11.3 Å². The summed E-state index contributed by atoms with van der Waals surface area (Å²) in [6.07, 6.45) is 1.64. The molecule has 0 fully saturated rings. The van der Waals surface area contributed by atoms with Gasteiger partial charge < -0.3 is 15.3 Å². The lowest BCUT2D eigenvalue weighted by molar-refractivity contribution is 0.195. The maximum absolute atomic E-state index is 12.2. The quantitative estimate of drug-likeness (QED) is 0.802. The molecule has 2 amide bonds. The summed E-state index contributed by atoms with van der Waals surface area (Å²) in [7, 11) is 0. The van der Waals surface area contributed by atoms with Crippen LogP contribution in [0, 0.1) is 0 Å². The minimum atomic E-state index is -0.248. The number of anilines is 1. The van der Waals surface area contributed by atoms with E-state index in [2.05, 4.69) is 30.7 Å². The number of aromatic nitrogens is 1. The van der Waals surface area contributed by atoms with Gasteiger partial charge in [-0.15, -0.1) is 17.9 Å². The molecule has 0 aliphatic rings. The highest BCUT2D eigenvalue weighted by atomic mass is 32.1. The van der Waals surface area contributed by atoms with Crippen LogP contribution in [0.25, 0.3) is 10.2 Å². The molecule has 0 unspecified atom stereocenters. The Morgan fingerprint density at radius 1 is 1.55 bits per heavy atom. The summed E-state index contributed by atoms with van der Waals surface area (Å²) in [6, 6.07) is 5.44. The number of thiazole rings is 1. The Morgan fingerprint density at radius 2 is 2.32 bits per heavy atom. The maximum Gasteiger partial charge on any atom is 0.322 e. The summed E-state index contributed by atoms with van der Waals surface area (Å²) in [4.78, 5) is 18.3. The number of aliphatic hydroxyl groups is 1. The zero-order valence-corrected chi connectivity index (χ0v) is 13.7. The molecule has 0 aliphatic carbocycles. The Balaban J connectivity index is 2.16. The molecule has 1 heterocycles. The number of rotatable bonds is 6. The number of benzene rings is 1. The molecule has 0 bridgehead atoms. The van der Waals surface area contributed by atoms with Crippen LogP contribution in [0.15, 0.2) is 30.9 Å². The molecule has 22 heavy (non-hydrogen) atoms. The standard InChI is InChI=1S/C16H21N3O2S/c1-4-7-19(8-9-20)16(21)17-12-5-6-13-14(10-12)22-15(18-13)11(2)3/h4-6,10-11,20H,1,7-9H2,2-3H3,(H,17,21). The SMILES string of the molecule is C=CCN(CCO)C(=O)Nc1ccc2nc(C(C)C)sc2c1. The van der Waals surface area contributed by atoms with Gasteiger partial charge in [-0.2, -0.15) is 0 Å². The van der Waals surface area contributed by atoms with Crippen molar-refractivity contribution in [2.45, 2.75) is 19.8 Å². The third kappa shape index (κ3) is 3.84. The number of hydrogen-bond acceptors (Lipinski definition) is 4. The topological polar surface area (TPSA) is 65.5 Å². The van der Waals surface area contributed by atoms with Crippen molar-refractivity contribution >= 4 is 33.3 Å². The average Bonchev–Trinajstić information content (AvgIpc) is 2.90. The Kier molecular flexibility index (Phi) is 5.51. The van der Waals surface area contributed by atoms with Gasteiger partial charge in [0.2, 0.25) is 0 Å². The molecule has 1 aromatic carbocycles. The Labute approximate surface area is 134 Å². The van der Waals surface area contributed by atoms with Crippen molar-refractivity contribution in [3.63, 3.8) is 0 Å². The van der Waals surface area contributed by atoms with Crippen LogP contribution < -0.4 is 5.32 Å². The molecule has 0 saturated carbocycles. The van der Waals surface area contributed by atoms with Gasteiger partial charge in [-0.05, 0) is 18.2 Å². The summed E-state index contributed by atoms with van der Waals surface area (Å²) >= 11 is 1.64. The molecule has 0 atom stereocenters. The molecule has 5 nitrogen and oxygen atoms in total. The molecule has 1 aromatic heterocycles. The molecular formula is C16H21N3O2S. The van der Waals surface area contributed by atoms with E-state index in [0.29, 0.717) is 12.5 Å². The first-order valence-electron chi connectivity index (χ1n) is 7.23. The maximum atomic E-state index is 12.2. The lowest BCUT2D eigenvalue weighted by atomic mass is 10.2. The van der Waals surface area contributed by atoms with Gasteiger partial charge in [-0.25, -0.2) is 9.78 Å². The van der Waals surface area contributed by atoms with Crippen molar-refractivity contribution in [3.8, 4) is 0 Å². The Bertz CT molecular complexity index is 666. The predicted octanol–water partition coefficient (Wildman–Crippen LogP) is 3.43. The molecule has 0 radical (unpaired) electrons. The minimum absolute atomic E-state index is 0.0765. The van der Waals surface area contributed by atoms with Crippen LogP contribution in [0.4, 0.5) is 10.5 Å². The number of aliphatic hydroxyl groups excluding tert-OH is 1. The number of carbonyl (C=O) groups is 1. The van der Waals surface area contributed by atoms with Crippen molar-refractivity contribution in [3.05, 3.63) is 35.9 Å². The van der Waals surface area contributed by atoms with Crippen LogP contribution in [-0.4, -0.2) is 40.7 Å². The predicted molar refractivity (Wildman–Crippen MR) is 91.6 cm³/mol. The van der Waals surface area contributed by atoms with Gasteiger partial charge in [0, 0.05) is 24.7 Å². The van der Waals surface area contributed by atoms with Crippen molar-refractivity contribution in [2.24, 2.45) is 0 Å². The molecule has 2 N–H and O–H groups in total. The first kappa shape index (κ1) is 16.5. The monoisotopic (exact) mass is 319 g/mol. The molecule has 2 rings (SSSR count). The summed E-state index contributed by atoms with van der Waals surface area (Å²) in [6.45, 7) is 8.44. The lowest BCUT2D eigenvalue weighted by Crippen LogP contribution is -2.37. The van der Waals surface area contributed by atoms with Crippen LogP contribution in [-0.2, 0) is 0 Å². The zero-order chi connectivity index (χ0) is 16.1. The highest BCUT2D eigenvalue weighted by molar-refractivity contribution is 7.18. The first-order valence-corrected chi connectivity index (χ1v) is 8.05. The zero-order valence-electron chi connectivity index (χ0n) is 12.9. The van der Waals surface area contributed by atoms with Crippen molar-refractivity contribution in [1.29, 1.82) is 0 Å². The molecule has 0 aliphatic heterocycles. The van der Waals surface area contributed by atoms with Gasteiger partial charge in [-0.3, -0.25) is 0 Å². The number of amides is 2. The molecule has 6 heteroatoms. The van der Waals surface area contributed by atoms with E-state index in [1.807, 2.05) is 18.2 Å². The highest BCUT2D eigenvalue weighted by Crippen LogP contribution is 2.29. The number of urea groups is 1. The number of carbonyl (C=O) groups excluding carboxylic acids is 1. The molecule has 0 spiro atoms. The number of hydrogen-bond donors (Lipinski definition) is 2. The average molecular weight is 319 g/mol. The van der Waals surface area contributed by atoms with Gasteiger partial charge in [-0.1, -0.05) is 19.9 Å². The normalized spacial score (nSPS) is 10.9. The van der Waals surface area contributed by atoms with Crippen LogP contribution in [0.1, 0.15) is 24.8 Å². The number of nitrogens with one attached hydrogen (secondary N) is 1. The third-order valence-corrected chi connectivity index (χ3v) is 4.48. The van der Waals surface area contributed by atoms with E-state index in [0.717, 1.165) is 20.9 Å². The minimum Gasteiger partial charge on any atom is -0.395 e. The van der Waals surface area contributed by atoms with Crippen molar-refractivity contribution in [2.75, 3.05) is 25.0 Å². The van der Waals surface area contributed by atoms with E-state index in [1.165, 1.54) is 4.90 Å². The molecule has 118 valence electrons. The summed E-state index contributed by atoms with van der Waals surface area (Å²) in [5, 5.41) is 13.0. The highest BCUT2D eigenvalue weighted by Gasteiger charge is 2.13. The molecular weight excluding hydrogens is 298 g/mol. The van der Waals surface area contributed by atoms with Gasteiger partial charge in [0.15, 0.2) is 0 Å². The van der Waals surface area contributed by atoms with E-state index in [4.69, 9.17) is 5.11 Å². The number of nitrogens with zero attached hydrogens (tertiary/aromatic N) is 2. The second-order valence-electron chi connectivity index (χ2n) is 5.28. The van der Waals surface area contributed by atoms with E-state index >= 15 is 0 Å². The number of fused-ring (bicyclic) bond motifs is 1. The van der Waals surface area contributed by atoms with Crippen LogP contribution in [0.2, 0.25) is 0 Å². The first-order chi connectivity index (χ1) is 10.5. The second-order valence-corrected chi connectivity index (χ2v) is 6.34. The Hall–Kier alpha value is -1.92. The fourth-order valence-corrected chi connectivity index (χ4v) is 3.03. The largest absolute Gasteiger partial charge is 0.395 e. The summed E-state index contributed by atoms with van der Waals surface area (Å²) < 4.78 is 1.05. The van der Waals surface area contributed by atoms with Crippen molar-refractivity contribution < 1.29 is 9.90 Å². The van der Waals surface area contributed by atoms with Crippen LogP contribution in [0.3, 0.4) is 0 Å². The van der Waals surface area contributed by atoms with Gasteiger partial charge in [0.25, 0.3) is 0 Å². The third-order valence-electron chi connectivity index (χ3n) is 3.16. The van der Waals surface area contributed by atoms with E-state index in [-0.39, 0.29) is 19.2 Å². The summed E-state index contributed by atoms with van der Waals surface area (Å²) in [5.74, 6) is 0.392. The fraction of sp³-hybridized carbons (Fsp3) is 0.375. The summed E-state index contributed by atoms with van der Waals surface area (Å²) in [5.41, 5.74) is 1.67.